The predicted octanol–water partition coefficient (Wildman–Crippen LogP) is 4.44. The molecule has 3 heteroatoms. The van der Waals surface area contributed by atoms with E-state index < -0.39 is 0 Å². The van der Waals surface area contributed by atoms with Crippen LogP contribution < -0.4 is 5.32 Å². The van der Waals surface area contributed by atoms with Crippen LogP contribution in [0.2, 0.25) is 5.02 Å². The number of nitrogens with zero attached hydrogens (tertiary/aromatic N) is 1. The quantitative estimate of drug-likeness (QED) is 0.874. The molecule has 0 saturated carbocycles. The first-order chi connectivity index (χ1) is 9.28. The topological polar surface area (TPSA) is 35.8 Å². The molecule has 0 aliphatic heterocycles. The Labute approximate surface area is 117 Å². The zero-order chi connectivity index (χ0) is 13.2. The van der Waals surface area contributed by atoms with Crippen LogP contribution in [0.4, 0.5) is 11.4 Å². The van der Waals surface area contributed by atoms with Gasteiger partial charge in [0.25, 0.3) is 0 Å². The highest BCUT2D eigenvalue weighted by Gasteiger charge is 2.12. The monoisotopic (exact) mass is 268 g/mol. The molecule has 0 heterocycles. The van der Waals surface area contributed by atoms with E-state index in [9.17, 15) is 0 Å². The van der Waals surface area contributed by atoms with Crippen LogP contribution in [-0.4, -0.2) is 0 Å². The molecule has 0 bridgehead atoms. The van der Waals surface area contributed by atoms with Crippen molar-refractivity contribution >= 4 is 23.0 Å². The summed E-state index contributed by atoms with van der Waals surface area (Å²) in [5.41, 5.74) is 5.11. The molecule has 0 saturated heterocycles. The van der Waals surface area contributed by atoms with Gasteiger partial charge in [-0.3, -0.25) is 0 Å². The molecule has 0 radical (unpaired) electrons. The van der Waals surface area contributed by atoms with Crippen molar-refractivity contribution in [3.05, 3.63) is 58.1 Å². The van der Waals surface area contributed by atoms with Crippen molar-refractivity contribution in [2.45, 2.75) is 19.3 Å². The number of halogens is 1. The number of rotatable bonds is 2. The van der Waals surface area contributed by atoms with Gasteiger partial charge < -0.3 is 5.32 Å². The van der Waals surface area contributed by atoms with Gasteiger partial charge in [-0.1, -0.05) is 23.7 Å². The lowest BCUT2D eigenvalue weighted by molar-refractivity contribution is 0.912. The SMILES string of the molecule is N#Cc1c(Cl)cccc1Nc1ccc2c(c1)CCC2. The van der Waals surface area contributed by atoms with Crippen LogP contribution in [0, 0.1) is 11.3 Å². The van der Waals surface area contributed by atoms with E-state index in [1.807, 2.05) is 12.1 Å². The number of benzene rings is 2. The average Bonchev–Trinajstić information content (AvgIpc) is 2.86. The molecule has 0 spiro atoms. The number of nitrogens with one attached hydrogen (secondary N) is 1. The molecule has 3 rings (SSSR count). The number of hydrogen-bond acceptors (Lipinski definition) is 2. The minimum atomic E-state index is 0.480. The van der Waals surface area contributed by atoms with Crippen molar-refractivity contribution < 1.29 is 0 Å². The van der Waals surface area contributed by atoms with Crippen molar-refractivity contribution in [3.63, 3.8) is 0 Å². The van der Waals surface area contributed by atoms with Gasteiger partial charge in [-0.05, 0) is 54.7 Å². The van der Waals surface area contributed by atoms with Gasteiger partial charge >= 0.3 is 0 Å². The van der Waals surface area contributed by atoms with E-state index in [-0.39, 0.29) is 0 Å². The highest BCUT2D eigenvalue weighted by Crippen LogP contribution is 2.29. The van der Waals surface area contributed by atoms with Crippen LogP contribution in [0.1, 0.15) is 23.1 Å². The summed E-state index contributed by atoms with van der Waals surface area (Å²) in [7, 11) is 0. The summed E-state index contributed by atoms with van der Waals surface area (Å²) in [4.78, 5) is 0. The summed E-state index contributed by atoms with van der Waals surface area (Å²) in [6.45, 7) is 0. The summed E-state index contributed by atoms with van der Waals surface area (Å²) < 4.78 is 0. The lowest BCUT2D eigenvalue weighted by Crippen LogP contribution is -1.95. The zero-order valence-electron chi connectivity index (χ0n) is 10.4. The molecule has 0 aromatic heterocycles. The van der Waals surface area contributed by atoms with Gasteiger partial charge in [-0.25, -0.2) is 0 Å². The molecule has 2 aromatic carbocycles. The van der Waals surface area contributed by atoms with E-state index in [0.717, 1.165) is 17.8 Å². The van der Waals surface area contributed by atoms with E-state index in [0.29, 0.717) is 10.6 Å². The highest BCUT2D eigenvalue weighted by molar-refractivity contribution is 6.32. The Kier molecular flexibility index (Phi) is 3.15. The highest BCUT2D eigenvalue weighted by atomic mass is 35.5. The molecule has 94 valence electrons. The zero-order valence-corrected chi connectivity index (χ0v) is 11.2. The number of hydrogen-bond donors (Lipinski definition) is 1. The van der Waals surface area contributed by atoms with E-state index in [1.165, 1.54) is 24.0 Å². The Morgan fingerprint density at radius 2 is 1.95 bits per heavy atom. The number of fused-ring (bicyclic) bond motifs is 1. The molecule has 0 amide bonds. The van der Waals surface area contributed by atoms with Crippen LogP contribution in [0.3, 0.4) is 0 Å². The predicted molar refractivity (Wildman–Crippen MR) is 77.9 cm³/mol. The Balaban J connectivity index is 1.94. The molecule has 0 fully saturated rings. The minimum absolute atomic E-state index is 0.480. The molecule has 1 aliphatic rings. The third-order valence-corrected chi connectivity index (χ3v) is 3.82. The van der Waals surface area contributed by atoms with Crippen molar-refractivity contribution in [1.29, 1.82) is 5.26 Å². The fraction of sp³-hybridized carbons (Fsp3) is 0.188. The fourth-order valence-electron chi connectivity index (χ4n) is 2.55. The maximum Gasteiger partial charge on any atom is 0.103 e. The van der Waals surface area contributed by atoms with Crippen molar-refractivity contribution in [1.82, 2.24) is 0 Å². The van der Waals surface area contributed by atoms with Crippen LogP contribution in [0.15, 0.2) is 36.4 Å². The molecule has 0 unspecified atom stereocenters. The van der Waals surface area contributed by atoms with Gasteiger partial charge in [0.2, 0.25) is 0 Å². The van der Waals surface area contributed by atoms with Crippen LogP contribution in [0.25, 0.3) is 0 Å². The second kappa shape index (κ2) is 4.95. The Hall–Kier alpha value is -1.98. The van der Waals surface area contributed by atoms with Gasteiger partial charge in [-0.15, -0.1) is 0 Å². The smallest absolute Gasteiger partial charge is 0.103 e. The van der Waals surface area contributed by atoms with E-state index in [1.54, 1.807) is 6.07 Å². The van der Waals surface area contributed by atoms with Crippen LogP contribution >= 0.6 is 11.6 Å². The first-order valence-corrected chi connectivity index (χ1v) is 6.73. The van der Waals surface area contributed by atoms with Gasteiger partial charge in [0.05, 0.1) is 16.3 Å². The lowest BCUT2D eigenvalue weighted by atomic mass is 10.1. The van der Waals surface area contributed by atoms with Gasteiger partial charge in [0, 0.05) is 5.69 Å². The molecule has 19 heavy (non-hydrogen) atoms. The fourth-order valence-corrected chi connectivity index (χ4v) is 2.76. The van der Waals surface area contributed by atoms with Gasteiger partial charge in [0.15, 0.2) is 0 Å². The third-order valence-electron chi connectivity index (χ3n) is 3.50. The molecular weight excluding hydrogens is 256 g/mol. The number of nitriles is 1. The molecule has 2 aromatic rings. The van der Waals surface area contributed by atoms with Crippen molar-refractivity contribution in [2.75, 3.05) is 5.32 Å². The number of anilines is 2. The summed E-state index contributed by atoms with van der Waals surface area (Å²) in [5, 5.41) is 12.9. The summed E-state index contributed by atoms with van der Waals surface area (Å²) >= 11 is 6.03. The molecular formula is C16H13ClN2. The van der Waals surface area contributed by atoms with E-state index >= 15 is 0 Å². The van der Waals surface area contributed by atoms with Gasteiger partial charge in [-0.2, -0.15) is 5.26 Å². The summed E-state index contributed by atoms with van der Waals surface area (Å²) in [6, 6.07) is 14.0. The Morgan fingerprint density at radius 3 is 2.79 bits per heavy atom. The first kappa shape index (κ1) is 12.1. The molecule has 2 nitrogen and oxygen atoms in total. The lowest BCUT2D eigenvalue weighted by Gasteiger charge is -2.10. The third kappa shape index (κ3) is 2.30. The van der Waals surface area contributed by atoms with Crippen LogP contribution in [-0.2, 0) is 12.8 Å². The van der Waals surface area contributed by atoms with Crippen molar-refractivity contribution in [3.8, 4) is 6.07 Å². The van der Waals surface area contributed by atoms with E-state index in [2.05, 4.69) is 29.6 Å². The maximum absolute atomic E-state index is 9.16. The molecule has 0 atom stereocenters. The minimum Gasteiger partial charge on any atom is -0.354 e. The Morgan fingerprint density at radius 1 is 1.11 bits per heavy atom. The summed E-state index contributed by atoms with van der Waals surface area (Å²) in [6.07, 6.45) is 3.56. The number of aryl methyl sites for hydroxylation is 2. The van der Waals surface area contributed by atoms with Gasteiger partial charge in [0.1, 0.15) is 6.07 Å². The van der Waals surface area contributed by atoms with Crippen molar-refractivity contribution in [2.24, 2.45) is 0 Å². The molecule has 1 N–H and O–H groups in total. The second-order valence-electron chi connectivity index (χ2n) is 4.74. The second-order valence-corrected chi connectivity index (χ2v) is 5.14. The van der Waals surface area contributed by atoms with Crippen LogP contribution in [0.5, 0.6) is 0 Å². The average molecular weight is 269 g/mol. The normalized spacial score (nSPS) is 12.8. The standard InChI is InChI=1S/C16H13ClN2/c17-15-5-2-6-16(14(15)10-18)19-13-8-7-11-3-1-4-12(11)9-13/h2,5-9,19H,1,3-4H2. The Bertz CT molecular complexity index is 671. The summed E-state index contributed by atoms with van der Waals surface area (Å²) in [5.74, 6) is 0. The largest absolute Gasteiger partial charge is 0.354 e. The van der Waals surface area contributed by atoms with E-state index in [4.69, 9.17) is 16.9 Å². The first-order valence-electron chi connectivity index (χ1n) is 6.35. The molecule has 1 aliphatic carbocycles. The maximum atomic E-state index is 9.16.